The molecule has 19 heavy (non-hydrogen) atoms. The standard InChI is InChI=1S/C12H20N4O2S/c1-9-10(16(17)18)11(15(2)14-9)13-8-12(19-3)6-4-5-7-12/h13H,4-8H2,1-3H3. The minimum absolute atomic E-state index is 0.0942. The Balaban J connectivity index is 2.17. The second kappa shape index (κ2) is 5.40. The van der Waals surface area contributed by atoms with Crippen molar-refractivity contribution in [1.82, 2.24) is 9.78 Å². The summed E-state index contributed by atoms with van der Waals surface area (Å²) in [5, 5.41) is 18.5. The van der Waals surface area contributed by atoms with Crippen LogP contribution in [0.25, 0.3) is 0 Å². The average Bonchev–Trinajstić information content (AvgIpc) is 2.92. The Hall–Kier alpha value is -1.24. The summed E-state index contributed by atoms with van der Waals surface area (Å²) in [5.41, 5.74) is 0.552. The van der Waals surface area contributed by atoms with Crippen LogP contribution in [0.2, 0.25) is 0 Å². The summed E-state index contributed by atoms with van der Waals surface area (Å²) < 4.78 is 1.78. The van der Waals surface area contributed by atoms with Gasteiger partial charge in [-0.15, -0.1) is 0 Å². The zero-order valence-electron chi connectivity index (χ0n) is 11.6. The summed E-state index contributed by atoms with van der Waals surface area (Å²) >= 11 is 1.86. The molecule has 1 heterocycles. The maximum atomic E-state index is 11.1. The van der Waals surface area contributed by atoms with Gasteiger partial charge in [-0.05, 0) is 26.0 Å². The van der Waals surface area contributed by atoms with Crippen LogP contribution in [0.5, 0.6) is 0 Å². The summed E-state index contributed by atoms with van der Waals surface area (Å²) in [4.78, 5) is 10.8. The van der Waals surface area contributed by atoms with Gasteiger partial charge in [0, 0.05) is 18.3 Å². The number of rotatable bonds is 5. The topological polar surface area (TPSA) is 73.0 Å². The van der Waals surface area contributed by atoms with Crippen LogP contribution >= 0.6 is 11.8 Å². The lowest BCUT2D eigenvalue weighted by Crippen LogP contribution is -2.30. The molecule has 1 aliphatic rings. The molecule has 0 saturated heterocycles. The second-order valence-corrected chi connectivity index (χ2v) is 6.39. The number of nitro groups is 1. The van der Waals surface area contributed by atoms with E-state index >= 15 is 0 Å². The van der Waals surface area contributed by atoms with Gasteiger partial charge in [0.1, 0.15) is 5.69 Å². The van der Waals surface area contributed by atoms with Crippen LogP contribution in [0.15, 0.2) is 0 Å². The van der Waals surface area contributed by atoms with E-state index in [-0.39, 0.29) is 15.4 Å². The molecule has 0 aliphatic heterocycles. The number of thioether (sulfide) groups is 1. The Labute approximate surface area is 117 Å². The molecule has 0 atom stereocenters. The Kier molecular flexibility index (Phi) is 4.03. The van der Waals surface area contributed by atoms with E-state index in [0.29, 0.717) is 11.5 Å². The van der Waals surface area contributed by atoms with Crippen LogP contribution in [0.3, 0.4) is 0 Å². The summed E-state index contributed by atoms with van der Waals surface area (Å²) in [6.07, 6.45) is 6.96. The number of aryl methyl sites for hydroxylation is 2. The van der Waals surface area contributed by atoms with Gasteiger partial charge in [-0.25, -0.2) is 4.68 Å². The molecular weight excluding hydrogens is 264 g/mol. The van der Waals surface area contributed by atoms with Crippen LogP contribution in [0.4, 0.5) is 11.5 Å². The minimum Gasteiger partial charge on any atom is -0.363 e. The molecule has 0 radical (unpaired) electrons. The number of aromatic nitrogens is 2. The molecule has 1 aromatic rings. The van der Waals surface area contributed by atoms with Crippen molar-refractivity contribution >= 4 is 23.3 Å². The lowest BCUT2D eigenvalue weighted by molar-refractivity contribution is -0.384. The summed E-state index contributed by atoms with van der Waals surface area (Å²) in [6.45, 7) is 2.43. The second-order valence-electron chi connectivity index (χ2n) is 5.11. The first-order valence-electron chi connectivity index (χ1n) is 6.46. The van der Waals surface area contributed by atoms with Crippen LogP contribution in [0, 0.1) is 17.0 Å². The molecule has 0 amide bonds. The molecule has 7 heteroatoms. The average molecular weight is 284 g/mol. The SMILES string of the molecule is CSC1(CNc2c([N+](=O)[O-])c(C)nn2C)CCCC1. The molecule has 1 N–H and O–H groups in total. The van der Waals surface area contributed by atoms with E-state index in [4.69, 9.17) is 0 Å². The van der Waals surface area contributed by atoms with Crippen molar-refractivity contribution in [2.75, 3.05) is 18.1 Å². The molecule has 106 valence electrons. The lowest BCUT2D eigenvalue weighted by atomic mass is 10.1. The number of hydrogen-bond donors (Lipinski definition) is 1. The van der Waals surface area contributed by atoms with Gasteiger partial charge in [-0.3, -0.25) is 10.1 Å². The zero-order chi connectivity index (χ0) is 14.0. The highest BCUT2D eigenvalue weighted by molar-refractivity contribution is 8.00. The first kappa shape index (κ1) is 14.2. The van der Waals surface area contributed by atoms with Crippen molar-refractivity contribution in [3.8, 4) is 0 Å². The molecule has 0 spiro atoms. The third-order valence-electron chi connectivity index (χ3n) is 3.90. The van der Waals surface area contributed by atoms with Gasteiger partial charge in [0.25, 0.3) is 0 Å². The number of nitrogens with zero attached hydrogens (tertiary/aromatic N) is 3. The molecule has 2 rings (SSSR count). The van der Waals surface area contributed by atoms with Crippen molar-refractivity contribution in [1.29, 1.82) is 0 Å². The zero-order valence-corrected chi connectivity index (χ0v) is 12.4. The maximum absolute atomic E-state index is 11.1. The fourth-order valence-corrected chi connectivity index (χ4v) is 3.69. The lowest BCUT2D eigenvalue weighted by Gasteiger charge is -2.27. The third kappa shape index (κ3) is 2.70. The normalized spacial score (nSPS) is 17.6. The van der Waals surface area contributed by atoms with Crippen LogP contribution in [0.1, 0.15) is 31.4 Å². The van der Waals surface area contributed by atoms with Gasteiger partial charge in [0.05, 0.1) is 4.92 Å². The number of nitrogens with one attached hydrogen (secondary N) is 1. The molecule has 0 unspecified atom stereocenters. The van der Waals surface area contributed by atoms with Crippen LogP contribution in [-0.4, -0.2) is 32.3 Å². The predicted molar refractivity (Wildman–Crippen MR) is 77.8 cm³/mol. The highest BCUT2D eigenvalue weighted by atomic mass is 32.2. The maximum Gasteiger partial charge on any atom is 0.333 e. The van der Waals surface area contributed by atoms with E-state index in [1.165, 1.54) is 25.7 Å². The van der Waals surface area contributed by atoms with Gasteiger partial charge in [0.2, 0.25) is 5.82 Å². The molecule has 6 nitrogen and oxygen atoms in total. The summed E-state index contributed by atoms with van der Waals surface area (Å²) in [6, 6.07) is 0. The molecule has 1 fully saturated rings. The van der Waals surface area contributed by atoms with Crippen LogP contribution in [-0.2, 0) is 7.05 Å². The monoisotopic (exact) mass is 284 g/mol. The Morgan fingerprint density at radius 3 is 2.68 bits per heavy atom. The van der Waals surface area contributed by atoms with Crippen molar-refractivity contribution in [3.63, 3.8) is 0 Å². The largest absolute Gasteiger partial charge is 0.363 e. The Morgan fingerprint density at radius 1 is 1.53 bits per heavy atom. The highest BCUT2D eigenvalue weighted by Gasteiger charge is 2.34. The van der Waals surface area contributed by atoms with Crippen molar-refractivity contribution in [2.45, 2.75) is 37.4 Å². The number of anilines is 1. The van der Waals surface area contributed by atoms with Crippen LogP contribution < -0.4 is 5.32 Å². The fraction of sp³-hybridized carbons (Fsp3) is 0.750. The summed E-state index contributed by atoms with van der Waals surface area (Å²) in [5.74, 6) is 0.517. The first-order valence-corrected chi connectivity index (χ1v) is 7.68. The van der Waals surface area contributed by atoms with E-state index < -0.39 is 0 Å². The van der Waals surface area contributed by atoms with Crippen molar-refractivity contribution in [2.24, 2.45) is 7.05 Å². The smallest absolute Gasteiger partial charge is 0.333 e. The van der Waals surface area contributed by atoms with Gasteiger partial charge < -0.3 is 5.32 Å². The van der Waals surface area contributed by atoms with Crippen molar-refractivity contribution < 1.29 is 4.92 Å². The van der Waals surface area contributed by atoms with E-state index in [9.17, 15) is 10.1 Å². The molecule has 1 aromatic heterocycles. The van der Waals surface area contributed by atoms with Crippen molar-refractivity contribution in [3.05, 3.63) is 15.8 Å². The van der Waals surface area contributed by atoms with E-state index in [1.54, 1.807) is 18.7 Å². The molecule has 1 aliphatic carbocycles. The fourth-order valence-electron chi connectivity index (χ4n) is 2.78. The number of hydrogen-bond acceptors (Lipinski definition) is 5. The van der Waals surface area contributed by atoms with E-state index in [0.717, 1.165) is 6.54 Å². The van der Waals surface area contributed by atoms with Gasteiger partial charge in [-0.1, -0.05) is 12.8 Å². The summed E-state index contributed by atoms with van der Waals surface area (Å²) in [7, 11) is 1.74. The van der Waals surface area contributed by atoms with Gasteiger partial charge >= 0.3 is 5.69 Å². The van der Waals surface area contributed by atoms with E-state index in [1.807, 2.05) is 11.8 Å². The molecule has 0 aromatic carbocycles. The quantitative estimate of drug-likeness (QED) is 0.665. The molecular formula is C12H20N4O2S. The molecule has 1 saturated carbocycles. The first-order chi connectivity index (χ1) is 8.99. The molecule has 0 bridgehead atoms. The van der Waals surface area contributed by atoms with E-state index in [2.05, 4.69) is 16.7 Å². The Morgan fingerprint density at radius 2 is 2.16 bits per heavy atom. The van der Waals surface area contributed by atoms with Gasteiger partial charge in [0.15, 0.2) is 0 Å². The minimum atomic E-state index is -0.356. The highest BCUT2D eigenvalue weighted by Crippen LogP contribution is 2.40. The Bertz CT molecular complexity index is 480. The van der Waals surface area contributed by atoms with Gasteiger partial charge in [-0.2, -0.15) is 16.9 Å². The third-order valence-corrected chi connectivity index (χ3v) is 5.32. The predicted octanol–water partition coefficient (Wildman–Crippen LogP) is 2.72.